The number of nitrogens with one attached hydrogen (secondary N) is 1. The van der Waals surface area contributed by atoms with Crippen LogP contribution in [0, 0.1) is 0 Å². The summed E-state index contributed by atoms with van der Waals surface area (Å²) in [6.07, 6.45) is -6.10. The zero-order valence-electron chi connectivity index (χ0n) is 9.46. The van der Waals surface area contributed by atoms with Crippen LogP contribution in [0.1, 0.15) is 6.92 Å². The second-order valence-electron chi connectivity index (χ2n) is 3.54. The van der Waals surface area contributed by atoms with Crippen LogP contribution in [0.15, 0.2) is 5.11 Å². The SMILES string of the molecule is CC(=O)NC(O)(C=O)C(O)C(O)C(O)CN=[N+]=[N-]. The third kappa shape index (κ3) is 4.28. The fourth-order valence-electron chi connectivity index (χ4n) is 1.15. The highest BCUT2D eigenvalue weighted by atomic mass is 16.4. The van der Waals surface area contributed by atoms with Gasteiger partial charge in [-0.1, -0.05) is 5.11 Å². The number of aliphatic hydroxyl groups excluding tert-OH is 3. The number of amides is 1. The van der Waals surface area contributed by atoms with Gasteiger partial charge in [-0.15, -0.1) is 0 Å². The van der Waals surface area contributed by atoms with Crippen LogP contribution in [-0.4, -0.2) is 63.2 Å². The highest BCUT2D eigenvalue weighted by molar-refractivity contribution is 5.79. The molecule has 0 aromatic rings. The lowest BCUT2D eigenvalue weighted by Gasteiger charge is -2.32. The van der Waals surface area contributed by atoms with Crippen molar-refractivity contribution < 1.29 is 30.0 Å². The molecule has 0 bridgehead atoms. The molecule has 0 aliphatic carbocycles. The fourth-order valence-corrected chi connectivity index (χ4v) is 1.15. The average Bonchev–Trinajstić information content (AvgIpc) is 2.32. The maximum atomic E-state index is 10.7. The molecule has 10 nitrogen and oxygen atoms in total. The summed E-state index contributed by atoms with van der Waals surface area (Å²) in [6.45, 7) is 0.397. The molecule has 5 N–H and O–H groups in total. The highest BCUT2D eigenvalue weighted by Gasteiger charge is 2.43. The molecule has 0 aromatic carbocycles. The van der Waals surface area contributed by atoms with Crippen LogP contribution < -0.4 is 5.32 Å². The number of hydrogen-bond donors (Lipinski definition) is 5. The largest absolute Gasteiger partial charge is 0.390 e. The summed E-state index contributed by atoms with van der Waals surface area (Å²) in [5.41, 5.74) is 5.25. The minimum Gasteiger partial charge on any atom is -0.390 e. The van der Waals surface area contributed by atoms with Crippen molar-refractivity contribution in [2.75, 3.05) is 6.54 Å². The number of hydrogen-bond acceptors (Lipinski definition) is 7. The third-order valence-electron chi connectivity index (χ3n) is 2.06. The minimum atomic E-state index is -2.75. The van der Waals surface area contributed by atoms with Crippen LogP contribution in [0.3, 0.4) is 0 Å². The molecule has 102 valence electrons. The van der Waals surface area contributed by atoms with E-state index in [1.165, 1.54) is 0 Å². The molecule has 0 aliphatic heterocycles. The molecule has 0 spiro atoms. The molecular weight excluding hydrogens is 248 g/mol. The smallest absolute Gasteiger partial charge is 0.224 e. The number of aldehydes is 1. The number of nitrogens with zero attached hydrogens (tertiary/aromatic N) is 3. The first-order chi connectivity index (χ1) is 8.28. The Morgan fingerprint density at radius 1 is 1.56 bits per heavy atom. The molecule has 0 saturated heterocycles. The van der Waals surface area contributed by atoms with Crippen molar-refractivity contribution in [3.8, 4) is 0 Å². The van der Waals surface area contributed by atoms with Gasteiger partial charge in [-0.2, -0.15) is 0 Å². The molecule has 1 amide bonds. The first-order valence-electron chi connectivity index (χ1n) is 4.81. The van der Waals surface area contributed by atoms with E-state index in [1.54, 1.807) is 5.32 Å². The standard InChI is InChI=1S/C8H14N4O6/c1-4(14)11-8(18,3-13)7(17)6(16)5(15)2-10-12-9/h3,5-7,15-18H,2H2,1H3,(H,11,14). The van der Waals surface area contributed by atoms with E-state index in [1.807, 2.05) is 0 Å². The van der Waals surface area contributed by atoms with E-state index in [-0.39, 0.29) is 6.29 Å². The van der Waals surface area contributed by atoms with E-state index < -0.39 is 36.5 Å². The van der Waals surface area contributed by atoms with Gasteiger partial charge in [-0.3, -0.25) is 9.59 Å². The Morgan fingerprint density at radius 2 is 2.11 bits per heavy atom. The van der Waals surface area contributed by atoms with Gasteiger partial charge in [-0.05, 0) is 5.53 Å². The van der Waals surface area contributed by atoms with Gasteiger partial charge in [0.05, 0.1) is 12.6 Å². The lowest BCUT2D eigenvalue weighted by molar-refractivity contribution is -0.173. The minimum absolute atomic E-state index is 0.192. The number of carbonyl (C=O) groups excluding carboxylic acids is 2. The normalized spacial score (nSPS) is 18.7. The van der Waals surface area contributed by atoms with Crippen molar-refractivity contribution in [2.45, 2.75) is 31.0 Å². The second-order valence-corrected chi connectivity index (χ2v) is 3.54. The number of carbonyl (C=O) groups is 2. The number of rotatable bonds is 7. The summed E-state index contributed by atoms with van der Waals surface area (Å²) in [7, 11) is 0. The van der Waals surface area contributed by atoms with Crippen molar-refractivity contribution in [1.29, 1.82) is 0 Å². The van der Waals surface area contributed by atoms with Crippen molar-refractivity contribution in [1.82, 2.24) is 5.32 Å². The zero-order valence-corrected chi connectivity index (χ0v) is 9.46. The summed E-state index contributed by atoms with van der Waals surface area (Å²) in [6, 6.07) is 0. The van der Waals surface area contributed by atoms with Crippen LogP contribution in [0.25, 0.3) is 10.4 Å². The van der Waals surface area contributed by atoms with Gasteiger partial charge < -0.3 is 25.7 Å². The lowest BCUT2D eigenvalue weighted by Crippen LogP contribution is -2.63. The van der Waals surface area contributed by atoms with Crippen LogP contribution in [0.5, 0.6) is 0 Å². The van der Waals surface area contributed by atoms with Gasteiger partial charge in [0.25, 0.3) is 0 Å². The molecule has 4 unspecified atom stereocenters. The van der Waals surface area contributed by atoms with Gasteiger partial charge in [0.2, 0.25) is 11.6 Å². The van der Waals surface area contributed by atoms with Crippen molar-refractivity contribution >= 4 is 12.2 Å². The Hall–Kier alpha value is -1.71. The highest BCUT2D eigenvalue weighted by Crippen LogP contribution is 2.12. The van der Waals surface area contributed by atoms with E-state index in [9.17, 15) is 30.0 Å². The summed E-state index contributed by atoms with van der Waals surface area (Å²) in [5.74, 6) is -0.833. The molecule has 0 radical (unpaired) electrons. The van der Waals surface area contributed by atoms with Gasteiger partial charge in [-0.25, -0.2) is 0 Å². The van der Waals surface area contributed by atoms with Crippen LogP contribution in [0.2, 0.25) is 0 Å². The third-order valence-corrected chi connectivity index (χ3v) is 2.06. The van der Waals surface area contributed by atoms with E-state index in [4.69, 9.17) is 5.53 Å². The molecule has 0 fully saturated rings. The van der Waals surface area contributed by atoms with E-state index in [2.05, 4.69) is 10.0 Å². The van der Waals surface area contributed by atoms with Crippen molar-refractivity contribution in [2.24, 2.45) is 5.11 Å². The molecule has 18 heavy (non-hydrogen) atoms. The quantitative estimate of drug-likeness (QED) is 0.110. The molecule has 0 rings (SSSR count). The molecule has 0 heterocycles. The predicted octanol–water partition coefficient (Wildman–Crippen LogP) is -2.60. The zero-order chi connectivity index (χ0) is 14.3. The molecule has 0 aromatic heterocycles. The van der Waals surface area contributed by atoms with Crippen LogP contribution in [0.4, 0.5) is 0 Å². The Bertz CT molecular complexity index is 357. The fraction of sp³-hybridized carbons (Fsp3) is 0.750. The Balaban J connectivity index is 4.86. The number of azide groups is 1. The molecule has 0 saturated carbocycles. The van der Waals surface area contributed by atoms with Crippen LogP contribution >= 0.6 is 0 Å². The Morgan fingerprint density at radius 3 is 2.50 bits per heavy atom. The average molecular weight is 262 g/mol. The lowest BCUT2D eigenvalue weighted by atomic mass is 9.98. The van der Waals surface area contributed by atoms with Gasteiger partial charge >= 0.3 is 0 Å². The van der Waals surface area contributed by atoms with Gasteiger partial charge in [0, 0.05) is 11.8 Å². The van der Waals surface area contributed by atoms with Crippen molar-refractivity contribution in [3.63, 3.8) is 0 Å². The predicted molar refractivity (Wildman–Crippen MR) is 56.9 cm³/mol. The Labute approximate surface area is 101 Å². The van der Waals surface area contributed by atoms with E-state index in [0.717, 1.165) is 6.92 Å². The maximum Gasteiger partial charge on any atom is 0.224 e. The summed E-state index contributed by atoms with van der Waals surface area (Å²) >= 11 is 0. The number of aliphatic hydroxyl groups is 4. The van der Waals surface area contributed by atoms with Gasteiger partial charge in [0.1, 0.15) is 12.2 Å². The first kappa shape index (κ1) is 16.3. The molecular formula is C8H14N4O6. The topological polar surface area (TPSA) is 176 Å². The van der Waals surface area contributed by atoms with Crippen molar-refractivity contribution in [3.05, 3.63) is 10.4 Å². The van der Waals surface area contributed by atoms with Crippen LogP contribution in [-0.2, 0) is 9.59 Å². The van der Waals surface area contributed by atoms with Gasteiger partial charge in [0.15, 0.2) is 6.29 Å². The maximum absolute atomic E-state index is 10.7. The summed E-state index contributed by atoms with van der Waals surface area (Å²) < 4.78 is 0. The monoisotopic (exact) mass is 262 g/mol. The second kappa shape index (κ2) is 6.89. The molecule has 10 heteroatoms. The summed E-state index contributed by atoms with van der Waals surface area (Å²) in [4.78, 5) is 23.7. The summed E-state index contributed by atoms with van der Waals surface area (Å²) in [5, 5.41) is 42.5. The Kier molecular flexibility index (Phi) is 6.23. The van der Waals surface area contributed by atoms with E-state index >= 15 is 0 Å². The first-order valence-corrected chi connectivity index (χ1v) is 4.81. The molecule has 0 aliphatic rings. The van der Waals surface area contributed by atoms with E-state index in [0.29, 0.717) is 0 Å². The molecule has 4 atom stereocenters.